The number of hydrogen-bond donors (Lipinski definition) is 3. The zero-order valence-electron chi connectivity index (χ0n) is 8.89. The summed E-state index contributed by atoms with van der Waals surface area (Å²) in [5.74, 6) is -0.956. The molecular formula is C10H20O5. The monoisotopic (exact) mass is 220 g/mol. The molecular weight excluding hydrogens is 200 g/mol. The highest BCUT2D eigenvalue weighted by atomic mass is 17.1. The van der Waals surface area contributed by atoms with Gasteiger partial charge in [0.1, 0.15) is 0 Å². The van der Waals surface area contributed by atoms with Gasteiger partial charge in [-0.15, -0.1) is 0 Å². The van der Waals surface area contributed by atoms with Crippen molar-refractivity contribution in [2.75, 3.05) is 6.61 Å². The largest absolute Gasteiger partial charge is 0.481 e. The quantitative estimate of drug-likeness (QED) is 0.296. The molecule has 1 unspecified atom stereocenters. The first-order chi connectivity index (χ1) is 7.16. The molecule has 0 aromatic heterocycles. The van der Waals surface area contributed by atoms with Gasteiger partial charge in [-0.05, 0) is 12.8 Å². The van der Waals surface area contributed by atoms with E-state index in [9.17, 15) is 9.90 Å². The molecule has 0 rings (SSSR count). The highest BCUT2D eigenvalue weighted by molar-refractivity contribution is 5.67. The molecule has 0 aromatic carbocycles. The molecule has 5 heteroatoms. The smallest absolute Gasteiger partial charge is 0.305 e. The van der Waals surface area contributed by atoms with E-state index < -0.39 is 12.1 Å². The summed E-state index contributed by atoms with van der Waals surface area (Å²) in [6.45, 7) is 0.363. The molecule has 0 spiro atoms. The predicted molar refractivity (Wildman–Crippen MR) is 54.5 cm³/mol. The zero-order valence-corrected chi connectivity index (χ0v) is 8.89. The Hall–Kier alpha value is -0.650. The van der Waals surface area contributed by atoms with E-state index in [1.54, 1.807) is 0 Å². The Bertz CT molecular complexity index is 160. The van der Waals surface area contributed by atoms with Crippen LogP contribution in [0.2, 0.25) is 0 Å². The van der Waals surface area contributed by atoms with Crippen molar-refractivity contribution in [3.8, 4) is 0 Å². The van der Waals surface area contributed by atoms with Gasteiger partial charge in [-0.2, -0.15) is 0 Å². The average Bonchev–Trinajstić information content (AvgIpc) is 2.15. The number of aliphatic hydroxyl groups excluding tert-OH is 1. The lowest BCUT2D eigenvalue weighted by Gasteiger charge is -2.06. The van der Waals surface area contributed by atoms with Crippen LogP contribution in [0.3, 0.4) is 0 Å². The van der Waals surface area contributed by atoms with E-state index in [-0.39, 0.29) is 6.42 Å². The molecule has 90 valence electrons. The SMILES string of the molecule is O=C(O)CC(O)CCCCCCCOO. The van der Waals surface area contributed by atoms with Crippen molar-refractivity contribution in [2.45, 2.75) is 51.0 Å². The molecule has 0 aromatic rings. The fourth-order valence-electron chi connectivity index (χ4n) is 1.38. The van der Waals surface area contributed by atoms with E-state index in [1.807, 2.05) is 0 Å². The first kappa shape index (κ1) is 14.3. The maximum Gasteiger partial charge on any atom is 0.305 e. The number of carboxylic acids is 1. The third-order valence-corrected chi connectivity index (χ3v) is 2.18. The van der Waals surface area contributed by atoms with Gasteiger partial charge in [-0.25, -0.2) is 4.89 Å². The Morgan fingerprint density at radius 1 is 1.13 bits per heavy atom. The number of aliphatic carboxylic acids is 1. The van der Waals surface area contributed by atoms with Gasteiger partial charge >= 0.3 is 5.97 Å². The number of unbranched alkanes of at least 4 members (excludes halogenated alkanes) is 4. The van der Waals surface area contributed by atoms with E-state index in [1.165, 1.54) is 0 Å². The van der Waals surface area contributed by atoms with Gasteiger partial charge in [0.05, 0.1) is 19.1 Å². The summed E-state index contributed by atoms with van der Waals surface area (Å²) in [5, 5.41) is 25.6. The topological polar surface area (TPSA) is 87.0 Å². The number of rotatable bonds is 10. The summed E-state index contributed by atoms with van der Waals surface area (Å²) in [6, 6.07) is 0. The Morgan fingerprint density at radius 3 is 2.33 bits per heavy atom. The zero-order chi connectivity index (χ0) is 11.5. The van der Waals surface area contributed by atoms with Crippen molar-refractivity contribution in [1.82, 2.24) is 0 Å². The van der Waals surface area contributed by atoms with Crippen molar-refractivity contribution in [1.29, 1.82) is 0 Å². The lowest BCUT2D eigenvalue weighted by atomic mass is 10.1. The van der Waals surface area contributed by atoms with Crippen molar-refractivity contribution in [3.05, 3.63) is 0 Å². The van der Waals surface area contributed by atoms with E-state index >= 15 is 0 Å². The molecule has 15 heavy (non-hydrogen) atoms. The van der Waals surface area contributed by atoms with Gasteiger partial charge in [0.25, 0.3) is 0 Å². The minimum atomic E-state index is -0.956. The molecule has 0 radical (unpaired) electrons. The Balaban J connectivity index is 3.13. The third kappa shape index (κ3) is 11.3. The van der Waals surface area contributed by atoms with Gasteiger partial charge < -0.3 is 10.2 Å². The summed E-state index contributed by atoms with van der Waals surface area (Å²) in [6.07, 6.45) is 4.30. The normalized spacial score (nSPS) is 12.7. The minimum absolute atomic E-state index is 0.168. The fraction of sp³-hybridized carbons (Fsp3) is 0.900. The maximum atomic E-state index is 10.2. The summed E-state index contributed by atoms with van der Waals surface area (Å²) >= 11 is 0. The summed E-state index contributed by atoms with van der Waals surface area (Å²) in [4.78, 5) is 14.1. The van der Waals surface area contributed by atoms with Crippen LogP contribution >= 0.6 is 0 Å². The standard InChI is InChI=1S/C10H20O5/c11-9(8-10(12)13)6-4-2-1-3-5-7-15-14/h9,11,14H,1-8H2,(H,12,13). The lowest BCUT2D eigenvalue weighted by molar-refractivity contribution is -0.242. The molecule has 0 bridgehead atoms. The van der Waals surface area contributed by atoms with Crippen molar-refractivity contribution in [2.24, 2.45) is 0 Å². The molecule has 1 atom stereocenters. The Morgan fingerprint density at radius 2 is 1.73 bits per heavy atom. The molecule has 5 nitrogen and oxygen atoms in total. The van der Waals surface area contributed by atoms with Crippen LogP contribution in [-0.4, -0.2) is 34.2 Å². The van der Waals surface area contributed by atoms with Crippen LogP contribution in [0, 0.1) is 0 Å². The second-order valence-corrected chi connectivity index (χ2v) is 3.64. The summed E-state index contributed by atoms with van der Waals surface area (Å²) in [7, 11) is 0. The number of carbonyl (C=O) groups is 1. The van der Waals surface area contributed by atoms with Crippen LogP contribution in [0.1, 0.15) is 44.9 Å². The molecule has 3 N–H and O–H groups in total. The number of aliphatic hydroxyl groups is 1. The second kappa shape index (κ2) is 9.89. The minimum Gasteiger partial charge on any atom is -0.481 e. The number of hydrogen-bond acceptors (Lipinski definition) is 4. The van der Waals surface area contributed by atoms with Gasteiger partial charge in [0, 0.05) is 0 Å². The van der Waals surface area contributed by atoms with Gasteiger partial charge in [0.15, 0.2) is 0 Å². The highest BCUT2D eigenvalue weighted by Crippen LogP contribution is 2.09. The first-order valence-electron chi connectivity index (χ1n) is 5.33. The van der Waals surface area contributed by atoms with Gasteiger partial charge in [-0.1, -0.05) is 25.7 Å². The first-order valence-corrected chi connectivity index (χ1v) is 5.33. The second-order valence-electron chi connectivity index (χ2n) is 3.64. The van der Waals surface area contributed by atoms with Crippen LogP contribution in [0.15, 0.2) is 0 Å². The predicted octanol–water partition coefficient (Wildman–Crippen LogP) is 1.65. The van der Waals surface area contributed by atoms with Crippen LogP contribution in [-0.2, 0) is 9.68 Å². The van der Waals surface area contributed by atoms with Gasteiger partial charge in [-0.3, -0.25) is 10.1 Å². The Kier molecular flexibility index (Phi) is 9.46. The van der Waals surface area contributed by atoms with Crippen molar-refractivity contribution < 1.29 is 25.2 Å². The van der Waals surface area contributed by atoms with Crippen molar-refractivity contribution >= 4 is 5.97 Å². The molecule has 0 aliphatic carbocycles. The van der Waals surface area contributed by atoms with Crippen molar-refractivity contribution in [3.63, 3.8) is 0 Å². The van der Waals surface area contributed by atoms with Crippen LogP contribution in [0.25, 0.3) is 0 Å². The molecule has 0 amide bonds. The van der Waals surface area contributed by atoms with E-state index in [0.717, 1.165) is 32.1 Å². The molecule has 0 heterocycles. The maximum absolute atomic E-state index is 10.2. The average molecular weight is 220 g/mol. The summed E-state index contributed by atoms with van der Waals surface area (Å²) in [5.41, 5.74) is 0. The molecule has 0 fully saturated rings. The number of carboxylic acid groups (broad SMARTS) is 1. The van der Waals surface area contributed by atoms with E-state index in [2.05, 4.69) is 4.89 Å². The molecule has 0 aliphatic heterocycles. The summed E-state index contributed by atoms with van der Waals surface area (Å²) < 4.78 is 0. The van der Waals surface area contributed by atoms with Gasteiger partial charge in [0.2, 0.25) is 0 Å². The molecule has 0 saturated carbocycles. The van der Waals surface area contributed by atoms with Crippen LogP contribution in [0.4, 0.5) is 0 Å². The van der Waals surface area contributed by atoms with E-state index in [4.69, 9.17) is 10.4 Å². The van der Waals surface area contributed by atoms with E-state index in [0.29, 0.717) is 13.0 Å². The van der Waals surface area contributed by atoms with Crippen LogP contribution in [0.5, 0.6) is 0 Å². The lowest BCUT2D eigenvalue weighted by Crippen LogP contribution is -2.12. The fourth-order valence-corrected chi connectivity index (χ4v) is 1.38. The highest BCUT2D eigenvalue weighted by Gasteiger charge is 2.08. The Labute approximate surface area is 89.6 Å². The molecule has 0 aliphatic rings. The molecule has 0 saturated heterocycles. The third-order valence-electron chi connectivity index (χ3n) is 2.18. The van der Waals surface area contributed by atoms with Crippen LogP contribution < -0.4 is 0 Å².